The lowest BCUT2D eigenvalue weighted by molar-refractivity contribution is 0.121. The van der Waals surface area contributed by atoms with Gasteiger partial charge in [-0.05, 0) is 20.4 Å². The van der Waals surface area contributed by atoms with E-state index in [0.29, 0.717) is 6.04 Å². The normalized spacial score (nSPS) is 13.0. The van der Waals surface area contributed by atoms with Crippen LogP contribution in [-0.2, 0) is 4.74 Å². The molecule has 0 fully saturated rings. The van der Waals surface area contributed by atoms with E-state index in [1.165, 1.54) is 44.9 Å². The van der Waals surface area contributed by atoms with Crippen molar-refractivity contribution in [1.29, 1.82) is 0 Å². The summed E-state index contributed by atoms with van der Waals surface area (Å²) in [5.74, 6) is 0. The van der Waals surface area contributed by atoms with Gasteiger partial charge < -0.3 is 10.1 Å². The minimum Gasteiger partial charge on any atom is -0.380 e. The van der Waals surface area contributed by atoms with Crippen molar-refractivity contribution in [2.24, 2.45) is 0 Å². The van der Waals surface area contributed by atoms with Crippen LogP contribution in [0.1, 0.15) is 58.8 Å². The van der Waals surface area contributed by atoms with Crippen molar-refractivity contribution in [3.63, 3.8) is 0 Å². The van der Waals surface area contributed by atoms with Crippen LogP contribution in [0.3, 0.4) is 0 Å². The average molecular weight is 215 g/mol. The first-order valence-electron chi connectivity index (χ1n) is 6.60. The lowest BCUT2D eigenvalue weighted by Gasteiger charge is -2.15. The molecule has 0 aliphatic rings. The summed E-state index contributed by atoms with van der Waals surface area (Å²) >= 11 is 0. The lowest BCUT2D eigenvalue weighted by atomic mass is 10.1. The Hall–Kier alpha value is -0.0800. The number of hydrogen-bond donors (Lipinski definition) is 1. The summed E-state index contributed by atoms with van der Waals surface area (Å²) in [6.45, 7) is 6.01. The highest BCUT2D eigenvalue weighted by atomic mass is 16.5. The average Bonchev–Trinajstić information content (AvgIpc) is 2.27. The molecule has 0 rings (SSSR count). The molecule has 0 aliphatic carbocycles. The molecule has 0 saturated carbocycles. The zero-order valence-electron chi connectivity index (χ0n) is 10.8. The first-order chi connectivity index (χ1) is 7.35. The van der Waals surface area contributed by atoms with Gasteiger partial charge in [-0.1, -0.05) is 45.4 Å². The highest BCUT2D eigenvalue weighted by Gasteiger charge is 2.04. The lowest BCUT2D eigenvalue weighted by Crippen LogP contribution is -2.30. The molecule has 0 aliphatic heterocycles. The molecule has 0 aromatic rings. The quantitative estimate of drug-likeness (QED) is 0.534. The number of hydrogen-bond acceptors (Lipinski definition) is 2. The Balaban J connectivity index is 3.22. The number of unbranched alkanes of at least 4 members (excludes halogenated alkanes) is 5. The van der Waals surface area contributed by atoms with Crippen LogP contribution in [0.15, 0.2) is 0 Å². The molecule has 0 aromatic carbocycles. The fourth-order valence-electron chi connectivity index (χ4n) is 1.74. The van der Waals surface area contributed by atoms with Crippen LogP contribution >= 0.6 is 0 Å². The highest BCUT2D eigenvalue weighted by molar-refractivity contribution is 4.63. The van der Waals surface area contributed by atoms with E-state index in [2.05, 4.69) is 19.2 Å². The van der Waals surface area contributed by atoms with Gasteiger partial charge in [0.05, 0.1) is 6.61 Å². The van der Waals surface area contributed by atoms with Crippen molar-refractivity contribution in [2.45, 2.75) is 64.8 Å². The Bertz CT molecular complexity index is 117. The molecule has 2 nitrogen and oxygen atoms in total. The molecule has 1 unspecified atom stereocenters. The van der Waals surface area contributed by atoms with Gasteiger partial charge in [0, 0.05) is 12.6 Å². The van der Waals surface area contributed by atoms with E-state index in [9.17, 15) is 0 Å². The van der Waals surface area contributed by atoms with Gasteiger partial charge in [-0.3, -0.25) is 0 Å². The number of ether oxygens (including phenoxy) is 1. The van der Waals surface area contributed by atoms with Gasteiger partial charge in [0.25, 0.3) is 0 Å². The SMILES string of the molecule is CCCCCCCCC(COCC)NC. The smallest absolute Gasteiger partial charge is 0.0619 e. The van der Waals surface area contributed by atoms with E-state index in [4.69, 9.17) is 4.74 Å². The summed E-state index contributed by atoms with van der Waals surface area (Å²) in [4.78, 5) is 0. The van der Waals surface area contributed by atoms with E-state index in [-0.39, 0.29) is 0 Å². The molecule has 0 aromatic heterocycles. The molecule has 1 atom stereocenters. The Morgan fingerprint density at radius 3 is 2.27 bits per heavy atom. The molecule has 0 bridgehead atoms. The largest absolute Gasteiger partial charge is 0.380 e. The Morgan fingerprint density at radius 1 is 1.00 bits per heavy atom. The second-order valence-electron chi connectivity index (χ2n) is 4.20. The zero-order valence-corrected chi connectivity index (χ0v) is 10.8. The maximum absolute atomic E-state index is 5.42. The third-order valence-corrected chi connectivity index (χ3v) is 2.84. The molecule has 92 valence electrons. The van der Waals surface area contributed by atoms with Gasteiger partial charge in [-0.15, -0.1) is 0 Å². The molecular weight excluding hydrogens is 186 g/mol. The maximum atomic E-state index is 5.42. The number of rotatable bonds is 11. The summed E-state index contributed by atoms with van der Waals surface area (Å²) in [5, 5.41) is 3.31. The van der Waals surface area contributed by atoms with E-state index in [0.717, 1.165) is 13.2 Å². The molecule has 0 radical (unpaired) electrons. The Morgan fingerprint density at radius 2 is 1.67 bits per heavy atom. The standard InChI is InChI=1S/C13H29NO/c1-4-6-7-8-9-10-11-13(14-3)12-15-5-2/h13-14H,4-12H2,1-3H3. The Labute approximate surface area is 95.8 Å². The second-order valence-corrected chi connectivity index (χ2v) is 4.20. The van der Waals surface area contributed by atoms with E-state index in [1.807, 2.05) is 7.05 Å². The minimum atomic E-state index is 0.552. The number of likely N-dealkylation sites (N-methyl/N-ethyl adjacent to an activating group) is 1. The molecule has 0 amide bonds. The third kappa shape index (κ3) is 10.2. The van der Waals surface area contributed by atoms with Crippen molar-refractivity contribution in [3.8, 4) is 0 Å². The molecule has 0 heterocycles. The van der Waals surface area contributed by atoms with Gasteiger partial charge in [0.2, 0.25) is 0 Å². The summed E-state index contributed by atoms with van der Waals surface area (Å²) in [7, 11) is 2.03. The summed E-state index contributed by atoms with van der Waals surface area (Å²) in [6.07, 6.45) is 9.51. The van der Waals surface area contributed by atoms with Crippen LogP contribution in [0.25, 0.3) is 0 Å². The molecule has 15 heavy (non-hydrogen) atoms. The maximum Gasteiger partial charge on any atom is 0.0619 e. The van der Waals surface area contributed by atoms with Crippen LogP contribution in [0.5, 0.6) is 0 Å². The van der Waals surface area contributed by atoms with Crippen LogP contribution in [0.2, 0.25) is 0 Å². The zero-order chi connectivity index (χ0) is 11.4. The van der Waals surface area contributed by atoms with Crippen molar-refractivity contribution in [3.05, 3.63) is 0 Å². The van der Waals surface area contributed by atoms with Crippen LogP contribution in [0, 0.1) is 0 Å². The Kier molecular flexibility index (Phi) is 11.9. The molecule has 0 spiro atoms. The molecule has 0 saturated heterocycles. The van der Waals surface area contributed by atoms with Gasteiger partial charge >= 0.3 is 0 Å². The van der Waals surface area contributed by atoms with Crippen molar-refractivity contribution in [1.82, 2.24) is 5.32 Å². The topological polar surface area (TPSA) is 21.3 Å². The first kappa shape index (κ1) is 14.9. The fourth-order valence-corrected chi connectivity index (χ4v) is 1.74. The van der Waals surface area contributed by atoms with Crippen molar-refractivity contribution < 1.29 is 4.74 Å². The predicted octanol–water partition coefficient (Wildman–Crippen LogP) is 3.36. The van der Waals surface area contributed by atoms with Crippen molar-refractivity contribution in [2.75, 3.05) is 20.3 Å². The molecule has 2 heteroatoms. The number of nitrogens with one attached hydrogen (secondary N) is 1. The summed E-state index contributed by atoms with van der Waals surface area (Å²) in [5.41, 5.74) is 0. The van der Waals surface area contributed by atoms with Crippen LogP contribution in [-0.4, -0.2) is 26.3 Å². The summed E-state index contributed by atoms with van der Waals surface area (Å²) in [6, 6.07) is 0.552. The third-order valence-electron chi connectivity index (χ3n) is 2.84. The molecule has 1 N–H and O–H groups in total. The second kappa shape index (κ2) is 12.0. The monoisotopic (exact) mass is 215 g/mol. The van der Waals surface area contributed by atoms with Gasteiger partial charge in [-0.25, -0.2) is 0 Å². The van der Waals surface area contributed by atoms with E-state index >= 15 is 0 Å². The predicted molar refractivity (Wildman–Crippen MR) is 67.3 cm³/mol. The van der Waals surface area contributed by atoms with Crippen LogP contribution < -0.4 is 5.32 Å². The molecular formula is C13H29NO. The fraction of sp³-hybridized carbons (Fsp3) is 1.00. The van der Waals surface area contributed by atoms with Crippen molar-refractivity contribution >= 4 is 0 Å². The van der Waals surface area contributed by atoms with Gasteiger partial charge in [0.1, 0.15) is 0 Å². The minimum absolute atomic E-state index is 0.552. The summed E-state index contributed by atoms with van der Waals surface area (Å²) < 4.78 is 5.42. The van der Waals surface area contributed by atoms with Gasteiger partial charge in [-0.2, -0.15) is 0 Å². The van der Waals surface area contributed by atoms with Crippen LogP contribution in [0.4, 0.5) is 0 Å². The van der Waals surface area contributed by atoms with E-state index < -0.39 is 0 Å². The van der Waals surface area contributed by atoms with Gasteiger partial charge in [0.15, 0.2) is 0 Å². The highest BCUT2D eigenvalue weighted by Crippen LogP contribution is 2.08. The first-order valence-corrected chi connectivity index (χ1v) is 6.60. The van der Waals surface area contributed by atoms with E-state index in [1.54, 1.807) is 0 Å².